The molecule has 0 aliphatic carbocycles. The first-order valence-corrected chi connectivity index (χ1v) is 9.62. The zero-order chi connectivity index (χ0) is 19.9. The van der Waals surface area contributed by atoms with Gasteiger partial charge in [0.1, 0.15) is 0 Å². The molecule has 0 saturated carbocycles. The minimum atomic E-state index is -0.326. The fourth-order valence-corrected chi connectivity index (χ4v) is 3.34. The minimum Gasteiger partial charge on any atom is -0.466 e. The average molecular weight is 383 g/mol. The van der Waals surface area contributed by atoms with Crippen LogP contribution < -0.4 is 5.32 Å². The Labute approximate surface area is 164 Å². The molecule has 148 valence electrons. The zero-order valence-corrected chi connectivity index (χ0v) is 16.0. The van der Waals surface area contributed by atoms with Gasteiger partial charge in [0.05, 0.1) is 12.3 Å². The molecular weight excluding hydrogens is 358 g/mol. The summed E-state index contributed by atoms with van der Waals surface area (Å²) in [7, 11) is 0. The Kier molecular flexibility index (Phi) is 6.47. The smallest absolute Gasteiger partial charge is 0.340 e. The summed E-state index contributed by atoms with van der Waals surface area (Å²) in [6.45, 7) is 3.07. The van der Waals surface area contributed by atoms with Gasteiger partial charge in [0, 0.05) is 31.3 Å². The molecule has 1 N–H and O–H groups in total. The van der Waals surface area contributed by atoms with Crippen molar-refractivity contribution in [2.45, 2.75) is 32.6 Å². The summed E-state index contributed by atoms with van der Waals surface area (Å²) in [5.41, 5.74) is 0.713. The van der Waals surface area contributed by atoms with Gasteiger partial charge in [0.2, 0.25) is 5.91 Å². The van der Waals surface area contributed by atoms with Crippen molar-refractivity contribution in [3.05, 3.63) is 42.5 Å². The predicted octanol–water partition coefficient (Wildman–Crippen LogP) is 3.55. The number of carbonyl (C=O) groups excluding carboxylic acids is 3. The number of urea groups is 1. The topological polar surface area (TPSA) is 79.0 Å². The lowest BCUT2D eigenvalue weighted by Crippen LogP contribution is -2.46. The highest BCUT2D eigenvalue weighted by Gasteiger charge is 2.30. The Bertz CT molecular complexity index is 862. The van der Waals surface area contributed by atoms with E-state index in [1.54, 1.807) is 6.92 Å². The number of fused-ring (bicyclic) bond motifs is 1. The third-order valence-electron chi connectivity index (χ3n) is 4.66. The maximum atomic E-state index is 12.8. The van der Waals surface area contributed by atoms with E-state index in [0.717, 1.165) is 17.2 Å². The van der Waals surface area contributed by atoms with E-state index in [4.69, 9.17) is 4.74 Å². The number of nitrogens with one attached hydrogen (secondary N) is 1. The highest BCUT2D eigenvalue weighted by molar-refractivity contribution is 6.02. The zero-order valence-electron chi connectivity index (χ0n) is 16.0. The molecule has 2 aromatic carbocycles. The lowest BCUT2D eigenvalue weighted by Gasteiger charge is -2.28. The number of esters is 1. The molecular formula is C21H25N3O4. The van der Waals surface area contributed by atoms with Gasteiger partial charge in [0.25, 0.3) is 0 Å². The van der Waals surface area contributed by atoms with Gasteiger partial charge in [-0.15, -0.1) is 0 Å². The molecule has 1 fully saturated rings. The van der Waals surface area contributed by atoms with Gasteiger partial charge in [-0.2, -0.15) is 0 Å². The summed E-state index contributed by atoms with van der Waals surface area (Å²) in [4.78, 5) is 36.7. The maximum Gasteiger partial charge on any atom is 0.340 e. The lowest BCUT2D eigenvalue weighted by atomic mass is 10.1. The Morgan fingerprint density at radius 2 is 1.75 bits per heavy atom. The van der Waals surface area contributed by atoms with Crippen LogP contribution >= 0.6 is 0 Å². The quantitative estimate of drug-likeness (QED) is 0.774. The van der Waals surface area contributed by atoms with E-state index >= 15 is 0 Å². The molecule has 28 heavy (non-hydrogen) atoms. The average Bonchev–Trinajstić information content (AvgIpc) is 3.18. The molecule has 3 rings (SSSR count). The number of amides is 3. The Morgan fingerprint density at radius 1 is 1.00 bits per heavy atom. The number of ether oxygens (including phenoxy) is 1. The first-order valence-electron chi connectivity index (χ1n) is 9.62. The van der Waals surface area contributed by atoms with Gasteiger partial charge >= 0.3 is 12.0 Å². The molecule has 0 unspecified atom stereocenters. The van der Waals surface area contributed by atoms with Crippen molar-refractivity contribution in [2.75, 3.05) is 25.0 Å². The molecule has 1 heterocycles. The Balaban J connectivity index is 1.61. The second-order valence-electron chi connectivity index (χ2n) is 6.61. The summed E-state index contributed by atoms with van der Waals surface area (Å²) in [6.07, 6.45) is 1.55. The molecule has 3 amide bonds. The van der Waals surface area contributed by atoms with E-state index in [2.05, 4.69) is 5.32 Å². The monoisotopic (exact) mass is 383 g/mol. The van der Waals surface area contributed by atoms with Crippen molar-refractivity contribution in [1.82, 2.24) is 10.0 Å². The van der Waals surface area contributed by atoms with E-state index in [9.17, 15) is 14.4 Å². The SMILES string of the molecule is CCOC(=O)CCCC(=O)N1CCCN1C(=O)Nc1cccc2ccccc12. The van der Waals surface area contributed by atoms with Crippen LogP contribution in [0.25, 0.3) is 10.8 Å². The van der Waals surface area contributed by atoms with Gasteiger partial charge in [-0.05, 0) is 31.2 Å². The molecule has 0 bridgehead atoms. The second kappa shape index (κ2) is 9.21. The number of hydrazine groups is 1. The van der Waals surface area contributed by atoms with Gasteiger partial charge in [-0.3, -0.25) is 14.6 Å². The van der Waals surface area contributed by atoms with Crippen molar-refractivity contribution in [3.8, 4) is 0 Å². The van der Waals surface area contributed by atoms with Crippen LogP contribution in [0.5, 0.6) is 0 Å². The number of hydrogen-bond acceptors (Lipinski definition) is 4. The molecule has 1 saturated heterocycles. The summed E-state index contributed by atoms with van der Waals surface area (Å²) in [6, 6.07) is 13.2. The first-order chi connectivity index (χ1) is 13.6. The van der Waals surface area contributed by atoms with Crippen molar-refractivity contribution >= 4 is 34.4 Å². The standard InChI is InChI=1S/C21H25N3O4/c1-2-28-20(26)13-6-12-19(25)23-14-7-15-24(23)21(27)22-18-11-5-9-16-8-3-4-10-17(16)18/h3-5,8-11H,2,6-7,12-15H2,1H3,(H,22,27). The van der Waals surface area contributed by atoms with E-state index < -0.39 is 0 Å². The Morgan fingerprint density at radius 3 is 2.57 bits per heavy atom. The van der Waals surface area contributed by atoms with Crippen LogP contribution in [0.15, 0.2) is 42.5 Å². The molecule has 7 nitrogen and oxygen atoms in total. The molecule has 0 spiro atoms. The fraction of sp³-hybridized carbons (Fsp3) is 0.381. The van der Waals surface area contributed by atoms with Crippen LogP contribution in [0.2, 0.25) is 0 Å². The molecule has 0 radical (unpaired) electrons. The van der Waals surface area contributed by atoms with Crippen molar-refractivity contribution < 1.29 is 19.1 Å². The van der Waals surface area contributed by atoms with Gasteiger partial charge in [-0.1, -0.05) is 36.4 Å². The summed E-state index contributed by atoms with van der Waals surface area (Å²) < 4.78 is 4.87. The summed E-state index contributed by atoms with van der Waals surface area (Å²) in [5, 5.41) is 7.84. The molecule has 1 aliphatic rings. The highest BCUT2D eigenvalue weighted by atomic mass is 16.5. The summed E-state index contributed by atoms with van der Waals surface area (Å²) in [5.74, 6) is -0.461. The van der Waals surface area contributed by atoms with Crippen LogP contribution in [-0.2, 0) is 14.3 Å². The predicted molar refractivity (Wildman–Crippen MR) is 106 cm³/mol. The third kappa shape index (κ3) is 4.60. The van der Waals surface area contributed by atoms with Gasteiger partial charge < -0.3 is 10.1 Å². The number of carbonyl (C=O) groups is 3. The van der Waals surface area contributed by atoms with E-state index in [0.29, 0.717) is 31.8 Å². The Hall–Kier alpha value is -3.09. The largest absolute Gasteiger partial charge is 0.466 e. The highest BCUT2D eigenvalue weighted by Crippen LogP contribution is 2.24. The van der Waals surface area contributed by atoms with E-state index in [-0.39, 0.29) is 30.7 Å². The molecule has 2 aromatic rings. The molecule has 0 aromatic heterocycles. The number of rotatable bonds is 6. The van der Waals surface area contributed by atoms with Crippen molar-refractivity contribution in [3.63, 3.8) is 0 Å². The number of hydrogen-bond donors (Lipinski definition) is 1. The minimum absolute atomic E-state index is 0.158. The molecule has 0 atom stereocenters. The lowest BCUT2D eigenvalue weighted by molar-refractivity contribution is -0.143. The van der Waals surface area contributed by atoms with Gasteiger partial charge in [-0.25, -0.2) is 9.80 Å². The van der Waals surface area contributed by atoms with Crippen LogP contribution in [-0.4, -0.2) is 47.6 Å². The number of anilines is 1. The molecule has 7 heteroatoms. The number of benzene rings is 2. The summed E-state index contributed by atoms with van der Waals surface area (Å²) >= 11 is 0. The first kappa shape index (κ1) is 19.7. The van der Waals surface area contributed by atoms with Crippen LogP contribution in [0.3, 0.4) is 0 Å². The second-order valence-corrected chi connectivity index (χ2v) is 6.61. The normalized spacial score (nSPS) is 13.6. The van der Waals surface area contributed by atoms with Crippen molar-refractivity contribution in [1.29, 1.82) is 0 Å². The van der Waals surface area contributed by atoms with E-state index in [1.165, 1.54) is 10.0 Å². The van der Waals surface area contributed by atoms with Crippen LogP contribution in [0.1, 0.15) is 32.6 Å². The van der Waals surface area contributed by atoms with E-state index in [1.807, 2.05) is 42.5 Å². The van der Waals surface area contributed by atoms with Crippen LogP contribution in [0.4, 0.5) is 10.5 Å². The third-order valence-corrected chi connectivity index (χ3v) is 4.66. The fourth-order valence-electron chi connectivity index (χ4n) is 3.34. The van der Waals surface area contributed by atoms with Crippen LogP contribution in [0, 0.1) is 0 Å². The maximum absolute atomic E-state index is 12.8. The molecule has 1 aliphatic heterocycles. The number of nitrogens with zero attached hydrogens (tertiary/aromatic N) is 2. The van der Waals surface area contributed by atoms with Crippen molar-refractivity contribution in [2.24, 2.45) is 0 Å². The van der Waals surface area contributed by atoms with Gasteiger partial charge in [0.15, 0.2) is 0 Å².